The van der Waals surface area contributed by atoms with E-state index in [4.69, 9.17) is 23.2 Å². The van der Waals surface area contributed by atoms with Crippen molar-refractivity contribution in [1.29, 1.82) is 0 Å². The van der Waals surface area contributed by atoms with Crippen molar-refractivity contribution in [2.45, 2.75) is 12.8 Å². The predicted molar refractivity (Wildman–Crippen MR) is 77.0 cm³/mol. The van der Waals surface area contributed by atoms with Crippen LogP contribution in [-0.2, 0) is 9.59 Å². The highest BCUT2D eigenvalue weighted by Gasteiger charge is 2.16. The molecular formula is C12H10Cl2N4O2. The third kappa shape index (κ3) is 4.04. The molecule has 6 nitrogen and oxygen atoms in total. The number of rotatable bonds is 4. The maximum Gasteiger partial charge on any atom is 0.245 e. The van der Waals surface area contributed by atoms with Crippen molar-refractivity contribution in [1.82, 2.24) is 10.9 Å². The van der Waals surface area contributed by atoms with E-state index in [-0.39, 0.29) is 24.7 Å². The van der Waals surface area contributed by atoms with E-state index in [0.29, 0.717) is 21.3 Å². The molecular weight excluding hydrogens is 303 g/mol. The molecule has 0 fully saturated rings. The summed E-state index contributed by atoms with van der Waals surface area (Å²) in [5, 5.41) is 8.36. The summed E-state index contributed by atoms with van der Waals surface area (Å²) < 4.78 is 0. The van der Waals surface area contributed by atoms with Crippen molar-refractivity contribution in [3.63, 3.8) is 0 Å². The molecule has 1 aromatic carbocycles. The molecule has 0 radical (unpaired) electrons. The molecule has 0 atom stereocenters. The van der Waals surface area contributed by atoms with Gasteiger partial charge in [0.25, 0.3) is 0 Å². The second-order valence-electron chi connectivity index (χ2n) is 4.03. The molecule has 0 aromatic heterocycles. The number of nitrogens with zero attached hydrogens (tertiary/aromatic N) is 2. The van der Waals surface area contributed by atoms with Gasteiger partial charge in [-0.25, -0.2) is 10.9 Å². The van der Waals surface area contributed by atoms with E-state index in [9.17, 15) is 9.59 Å². The average Bonchev–Trinajstić information content (AvgIpc) is 2.79. The average molecular weight is 313 g/mol. The normalized spacial score (nSPS) is 14.3. The molecule has 1 aliphatic rings. The molecule has 0 unspecified atom stereocenters. The molecule has 0 saturated heterocycles. The van der Waals surface area contributed by atoms with Crippen molar-refractivity contribution in [3.05, 3.63) is 33.8 Å². The molecule has 0 saturated carbocycles. The van der Waals surface area contributed by atoms with Crippen LogP contribution in [-0.4, -0.2) is 23.7 Å². The van der Waals surface area contributed by atoms with Crippen LogP contribution in [0.3, 0.4) is 0 Å². The van der Waals surface area contributed by atoms with Gasteiger partial charge in [0.15, 0.2) is 0 Å². The van der Waals surface area contributed by atoms with Gasteiger partial charge in [0.2, 0.25) is 11.8 Å². The fourth-order valence-corrected chi connectivity index (χ4v) is 1.81. The summed E-state index contributed by atoms with van der Waals surface area (Å²) in [6.07, 6.45) is 1.61. The van der Waals surface area contributed by atoms with Crippen molar-refractivity contribution in [2.75, 3.05) is 0 Å². The predicted octanol–water partition coefficient (Wildman–Crippen LogP) is 1.71. The van der Waals surface area contributed by atoms with Crippen LogP contribution < -0.4 is 10.9 Å². The minimum absolute atomic E-state index is 0.0253. The van der Waals surface area contributed by atoms with E-state index in [2.05, 4.69) is 21.1 Å². The molecule has 0 bridgehead atoms. The number of benzene rings is 1. The van der Waals surface area contributed by atoms with Crippen molar-refractivity contribution in [3.8, 4) is 0 Å². The number of halogens is 2. The molecule has 104 valence electrons. The van der Waals surface area contributed by atoms with E-state index in [1.54, 1.807) is 18.2 Å². The van der Waals surface area contributed by atoms with Crippen LogP contribution in [0.4, 0.5) is 0 Å². The first kappa shape index (κ1) is 14.5. The van der Waals surface area contributed by atoms with E-state index in [0.717, 1.165) is 0 Å². The molecule has 2 N–H and O–H groups in total. The standard InChI is InChI=1S/C12H10Cl2N4O2/c13-9-2-1-7(3-10(9)14)6-15-17-11(19)4-8-5-12(20)18-16-8/h1-3,6H,4-5H2,(H,17,19)(H,18,20). The van der Waals surface area contributed by atoms with E-state index < -0.39 is 0 Å². The van der Waals surface area contributed by atoms with E-state index in [1.165, 1.54) is 6.21 Å². The number of amides is 2. The molecule has 2 amide bonds. The molecule has 8 heteroatoms. The lowest BCUT2D eigenvalue weighted by molar-refractivity contribution is -0.119. The Morgan fingerprint density at radius 1 is 1.45 bits per heavy atom. The van der Waals surface area contributed by atoms with Crippen molar-refractivity contribution < 1.29 is 9.59 Å². The second kappa shape index (κ2) is 6.49. The lowest BCUT2D eigenvalue weighted by atomic mass is 10.2. The summed E-state index contributed by atoms with van der Waals surface area (Å²) in [6.45, 7) is 0. The van der Waals surface area contributed by atoms with Gasteiger partial charge < -0.3 is 0 Å². The van der Waals surface area contributed by atoms with Crippen LogP contribution in [0.5, 0.6) is 0 Å². The maximum absolute atomic E-state index is 11.5. The first-order valence-corrected chi connectivity index (χ1v) is 6.41. The van der Waals surface area contributed by atoms with Gasteiger partial charge >= 0.3 is 0 Å². The topological polar surface area (TPSA) is 82.9 Å². The number of hydrogen-bond acceptors (Lipinski definition) is 4. The van der Waals surface area contributed by atoms with Gasteiger partial charge in [-0.05, 0) is 17.7 Å². The van der Waals surface area contributed by atoms with Gasteiger partial charge in [-0.3, -0.25) is 9.59 Å². The molecule has 1 aromatic rings. The fraction of sp³-hybridized carbons (Fsp3) is 0.167. The summed E-state index contributed by atoms with van der Waals surface area (Å²) in [6, 6.07) is 4.98. The number of hydrazone groups is 2. The molecule has 1 aliphatic heterocycles. The summed E-state index contributed by atoms with van der Waals surface area (Å²) in [7, 11) is 0. The summed E-state index contributed by atoms with van der Waals surface area (Å²) in [5.41, 5.74) is 5.80. The molecule has 2 rings (SSSR count). The van der Waals surface area contributed by atoms with Crippen LogP contribution in [0.2, 0.25) is 10.0 Å². The monoisotopic (exact) mass is 312 g/mol. The maximum atomic E-state index is 11.5. The number of nitrogens with one attached hydrogen (secondary N) is 2. The summed E-state index contributed by atoms with van der Waals surface area (Å²) in [5.74, 6) is -0.566. The Morgan fingerprint density at radius 2 is 2.25 bits per heavy atom. The van der Waals surface area contributed by atoms with E-state index in [1.807, 2.05) is 0 Å². The van der Waals surface area contributed by atoms with Gasteiger partial charge in [-0.15, -0.1) is 0 Å². The quantitative estimate of drug-likeness (QED) is 0.655. The second-order valence-corrected chi connectivity index (χ2v) is 4.85. The molecule has 0 spiro atoms. The lowest BCUT2D eigenvalue weighted by Crippen LogP contribution is -2.20. The Labute approximate surface area is 124 Å². The Balaban J connectivity index is 1.85. The van der Waals surface area contributed by atoms with Crippen LogP contribution >= 0.6 is 23.2 Å². The molecule has 20 heavy (non-hydrogen) atoms. The van der Waals surface area contributed by atoms with Crippen LogP contribution in [0.15, 0.2) is 28.4 Å². The third-order valence-corrected chi connectivity index (χ3v) is 3.15. The minimum atomic E-state index is -0.350. The third-order valence-electron chi connectivity index (χ3n) is 2.41. The highest BCUT2D eigenvalue weighted by atomic mass is 35.5. The van der Waals surface area contributed by atoms with E-state index >= 15 is 0 Å². The SMILES string of the molecule is O=C(CC1=NNC(=O)C1)NN=Cc1ccc(Cl)c(Cl)c1. The highest BCUT2D eigenvalue weighted by molar-refractivity contribution is 6.42. The first-order chi connectivity index (χ1) is 9.54. The number of hydrogen-bond donors (Lipinski definition) is 2. The van der Waals surface area contributed by atoms with Crippen LogP contribution in [0.25, 0.3) is 0 Å². The van der Waals surface area contributed by atoms with Crippen molar-refractivity contribution in [2.24, 2.45) is 10.2 Å². The first-order valence-electron chi connectivity index (χ1n) is 5.66. The highest BCUT2D eigenvalue weighted by Crippen LogP contribution is 2.21. The number of carbonyl (C=O) groups is 2. The smallest absolute Gasteiger partial charge is 0.245 e. The number of carbonyl (C=O) groups excluding carboxylic acids is 2. The summed E-state index contributed by atoms with van der Waals surface area (Å²) >= 11 is 11.6. The Kier molecular flexibility index (Phi) is 4.70. The zero-order chi connectivity index (χ0) is 14.5. The van der Waals surface area contributed by atoms with Gasteiger partial charge in [0, 0.05) is 0 Å². The molecule has 1 heterocycles. The van der Waals surface area contributed by atoms with Crippen LogP contribution in [0.1, 0.15) is 18.4 Å². The van der Waals surface area contributed by atoms with Gasteiger partial charge in [-0.1, -0.05) is 29.3 Å². The minimum Gasteiger partial charge on any atom is -0.273 e. The van der Waals surface area contributed by atoms with Crippen LogP contribution in [0, 0.1) is 0 Å². The Hall–Kier alpha value is -1.92. The largest absolute Gasteiger partial charge is 0.273 e. The zero-order valence-electron chi connectivity index (χ0n) is 10.2. The molecule has 0 aliphatic carbocycles. The fourth-order valence-electron chi connectivity index (χ4n) is 1.50. The van der Waals surface area contributed by atoms with Gasteiger partial charge in [0.1, 0.15) is 0 Å². The Bertz CT molecular complexity index is 613. The zero-order valence-corrected chi connectivity index (χ0v) is 11.7. The summed E-state index contributed by atoms with van der Waals surface area (Å²) in [4.78, 5) is 22.4. The van der Waals surface area contributed by atoms with Gasteiger partial charge in [-0.2, -0.15) is 10.2 Å². The lowest BCUT2D eigenvalue weighted by Gasteiger charge is -1.99. The van der Waals surface area contributed by atoms with Gasteiger partial charge in [0.05, 0.1) is 34.8 Å². The Morgan fingerprint density at radius 3 is 2.90 bits per heavy atom. The van der Waals surface area contributed by atoms with Crippen molar-refractivity contribution >= 4 is 46.9 Å².